The number of carbonyl (C=O) groups excluding carboxylic acids is 2. The second-order valence-electron chi connectivity index (χ2n) is 10.4. The zero-order chi connectivity index (χ0) is 25.4. The van der Waals surface area contributed by atoms with Crippen molar-refractivity contribution in [2.45, 2.75) is 50.9 Å². The molecule has 2 aliphatic heterocycles. The number of nitrogens with zero attached hydrogens (tertiary/aromatic N) is 3. The lowest BCUT2D eigenvalue weighted by Gasteiger charge is -2.37. The zero-order valence-corrected chi connectivity index (χ0v) is 22.6. The Labute approximate surface area is 225 Å². The first kappa shape index (κ1) is 25.3. The van der Waals surface area contributed by atoms with Gasteiger partial charge in [0.05, 0.1) is 10.4 Å². The molecule has 7 nitrogen and oxygen atoms in total. The molecule has 0 bridgehead atoms. The lowest BCUT2D eigenvalue weighted by molar-refractivity contribution is -0.616. The van der Waals surface area contributed by atoms with E-state index in [-0.39, 0.29) is 23.8 Å². The van der Waals surface area contributed by atoms with Crippen LogP contribution in [-0.4, -0.2) is 47.9 Å². The number of amides is 3. The quantitative estimate of drug-likeness (QED) is 0.435. The maximum atomic E-state index is 13.2. The van der Waals surface area contributed by atoms with Gasteiger partial charge in [-0.05, 0) is 95.6 Å². The van der Waals surface area contributed by atoms with E-state index in [1.807, 2.05) is 17.0 Å². The molecule has 3 aliphatic rings. The third-order valence-electron chi connectivity index (χ3n) is 8.27. The molecular formula is C27H32BrClN4O3. The third-order valence-corrected chi connectivity index (χ3v) is 8.94. The number of urea groups is 1. The number of hydrogen-bond donors (Lipinski definition) is 1. The second-order valence-corrected chi connectivity index (χ2v) is 11.8. The van der Waals surface area contributed by atoms with Gasteiger partial charge in [-0.2, -0.15) is 4.73 Å². The summed E-state index contributed by atoms with van der Waals surface area (Å²) in [7, 11) is 0. The van der Waals surface area contributed by atoms with Crippen LogP contribution < -0.4 is 10.5 Å². The van der Waals surface area contributed by atoms with Gasteiger partial charge in [-0.3, -0.25) is 4.79 Å². The van der Waals surface area contributed by atoms with Gasteiger partial charge in [-0.25, -0.2) is 4.79 Å². The predicted molar refractivity (Wildman–Crippen MR) is 142 cm³/mol. The first-order chi connectivity index (χ1) is 17.3. The van der Waals surface area contributed by atoms with Crippen LogP contribution >= 0.6 is 27.5 Å². The highest BCUT2D eigenvalue weighted by molar-refractivity contribution is 9.10. The number of hydrogen-bond acceptors (Lipinski definition) is 3. The Morgan fingerprint density at radius 2 is 1.69 bits per heavy atom. The molecule has 5 rings (SSSR count). The normalized spacial score (nSPS) is 21.0. The first-order valence-corrected chi connectivity index (χ1v) is 14.0. The van der Waals surface area contributed by atoms with Gasteiger partial charge in [-0.15, -0.1) is 0 Å². The van der Waals surface area contributed by atoms with Crippen molar-refractivity contribution in [3.8, 4) is 0 Å². The molecule has 192 valence electrons. The second kappa shape index (κ2) is 10.6. The maximum Gasteiger partial charge on any atom is 0.314 e. The molecule has 2 saturated heterocycles. The van der Waals surface area contributed by atoms with Crippen LogP contribution in [0.1, 0.15) is 60.4 Å². The van der Waals surface area contributed by atoms with E-state index in [0.717, 1.165) is 64.0 Å². The number of benzene rings is 1. The van der Waals surface area contributed by atoms with Gasteiger partial charge in [0.15, 0.2) is 6.20 Å². The summed E-state index contributed by atoms with van der Waals surface area (Å²) in [5, 5.41) is 13.9. The summed E-state index contributed by atoms with van der Waals surface area (Å²) >= 11 is 9.84. The molecule has 2 fully saturated rings. The standard InChI is InChI=1S/C27H32BrClN4O3/c28-21-14-20-2-1-19-15-22(29)3-4-23(19)25(26(20)33(36)16-21)18-7-11-31(12-8-18)24(34)13-17-5-9-32(10-6-17)27(30)35/h3-4,14-18,25H,1-2,5-13H2,(H2,30,35). The van der Waals surface area contributed by atoms with E-state index in [2.05, 4.69) is 28.1 Å². The SMILES string of the molecule is NC(=O)N1CCC(CC(=O)N2CCC(C3c4ccc(Cl)cc4CCc4cc(Br)c[n+]([O-])c43)CC2)CC1. The summed E-state index contributed by atoms with van der Waals surface area (Å²) in [5.74, 6) is 0.748. The number of piperidine rings is 2. The molecule has 0 radical (unpaired) electrons. The van der Waals surface area contributed by atoms with Gasteiger partial charge in [0.1, 0.15) is 0 Å². The number of fused-ring (bicyclic) bond motifs is 2. The Hall–Kier alpha value is -2.32. The number of rotatable bonds is 3. The van der Waals surface area contributed by atoms with Crippen LogP contribution in [-0.2, 0) is 17.6 Å². The molecule has 1 aliphatic carbocycles. The summed E-state index contributed by atoms with van der Waals surface area (Å²) in [4.78, 5) is 28.1. The highest BCUT2D eigenvalue weighted by Gasteiger charge is 2.39. The first-order valence-electron chi connectivity index (χ1n) is 12.8. The number of carbonyl (C=O) groups is 2. The maximum absolute atomic E-state index is 13.2. The molecule has 1 aromatic heterocycles. The van der Waals surface area contributed by atoms with E-state index in [1.54, 1.807) is 11.1 Å². The minimum atomic E-state index is -0.377. The van der Waals surface area contributed by atoms with Crippen LogP contribution in [0.2, 0.25) is 5.02 Å². The van der Waals surface area contributed by atoms with Gasteiger partial charge in [0.2, 0.25) is 11.6 Å². The van der Waals surface area contributed by atoms with Crippen LogP contribution in [0.5, 0.6) is 0 Å². The van der Waals surface area contributed by atoms with Crippen molar-refractivity contribution in [3.05, 3.63) is 67.5 Å². The number of aromatic nitrogens is 1. The molecule has 1 atom stereocenters. The lowest BCUT2D eigenvalue weighted by Crippen LogP contribution is -2.44. The molecule has 2 aromatic rings. The van der Waals surface area contributed by atoms with Crippen molar-refractivity contribution >= 4 is 39.5 Å². The van der Waals surface area contributed by atoms with Gasteiger partial charge >= 0.3 is 6.03 Å². The summed E-state index contributed by atoms with van der Waals surface area (Å²) in [5.41, 5.74) is 9.70. The Morgan fingerprint density at radius 3 is 2.39 bits per heavy atom. The third kappa shape index (κ3) is 5.21. The number of aryl methyl sites for hydroxylation is 2. The van der Waals surface area contributed by atoms with Gasteiger partial charge in [0.25, 0.3) is 0 Å². The van der Waals surface area contributed by atoms with E-state index in [9.17, 15) is 14.8 Å². The zero-order valence-electron chi connectivity index (χ0n) is 20.3. The van der Waals surface area contributed by atoms with Gasteiger partial charge in [0, 0.05) is 43.2 Å². The number of nitrogens with two attached hydrogens (primary N) is 1. The summed E-state index contributed by atoms with van der Waals surface area (Å²) in [6.45, 7) is 2.66. The minimum absolute atomic E-state index is 0.0178. The molecular weight excluding hydrogens is 544 g/mol. The van der Waals surface area contributed by atoms with Crippen LogP contribution in [0.15, 0.2) is 34.9 Å². The molecule has 2 N–H and O–H groups in total. The summed E-state index contributed by atoms with van der Waals surface area (Å²) in [6.07, 6.45) is 7.13. The van der Waals surface area contributed by atoms with Crippen LogP contribution in [0.25, 0.3) is 0 Å². The van der Waals surface area contributed by atoms with Crippen molar-refractivity contribution in [2.75, 3.05) is 26.2 Å². The molecule has 3 heterocycles. The fourth-order valence-electron chi connectivity index (χ4n) is 6.34. The van der Waals surface area contributed by atoms with E-state index in [0.29, 0.717) is 38.5 Å². The molecule has 0 saturated carbocycles. The van der Waals surface area contributed by atoms with E-state index in [4.69, 9.17) is 17.3 Å². The van der Waals surface area contributed by atoms with Crippen LogP contribution in [0.4, 0.5) is 4.79 Å². The van der Waals surface area contributed by atoms with E-state index < -0.39 is 0 Å². The molecule has 36 heavy (non-hydrogen) atoms. The Morgan fingerprint density at radius 1 is 1.03 bits per heavy atom. The minimum Gasteiger partial charge on any atom is -0.618 e. The number of halogens is 2. The van der Waals surface area contributed by atoms with E-state index >= 15 is 0 Å². The fraction of sp³-hybridized carbons (Fsp3) is 0.519. The van der Waals surface area contributed by atoms with Crippen LogP contribution in [0, 0.1) is 17.0 Å². The average molecular weight is 576 g/mol. The molecule has 1 unspecified atom stereocenters. The fourth-order valence-corrected chi connectivity index (χ4v) is 7.00. The molecule has 3 amide bonds. The van der Waals surface area contributed by atoms with Crippen molar-refractivity contribution < 1.29 is 14.3 Å². The summed E-state index contributed by atoms with van der Waals surface area (Å²) < 4.78 is 1.84. The van der Waals surface area contributed by atoms with Crippen LogP contribution in [0.3, 0.4) is 0 Å². The van der Waals surface area contributed by atoms with Crippen molar-refractivity contribution in [1.29, 1.82) is 0 Å². The molecule has 0 spiro atoms. The molecule has 9 heteroatoms. The van der Waals surface area contributed by atoms with Crippen molar-refractivity contribution in [2.24, 2.45) is 17.6 Å². The van der Waals surface area contributed by atoms with Crippen molar-refractivity contribution in [3.63, 3.8) is 0 Å². The largest absolute Gasteiger partial charge is 0.618 e. The van der Waals surface area contributed by atoms with E-state index in [1.165, 1.54) is 11.1 Å². The van der Waals surface area contributed by atoms with Crippen molar-refractivity contribution in [1.82, 2.24) is 9.80 Å². The monoisotopic (exact) mass is 574 g/mol. The number of pyridine rings is 1. The molecule has 1 aromatic carbocycles. The smallest absolute Gasteiger partial charge is 0.314 e. The number of likely N-dealkylation sites (tertiary alicyclic amines) is 2. The average Bonchev–Trinajstić information content (AvgIpc) is 3.01. The number of primary amides is 1. The topological polar surface area (TPSA) is 93.6 Å². The lowest BCUT2D eigenvalue weighted by atomic mass is 9.76. The van der Waals surface area contributed by atoms with Gasteiger partial charge in [-0.1, -0.05) is 17.7 Å². The summed E-state index contributed by atoms with van der Waals surface area (Å²) in [6, 6.07) is 7.76. The Balaban J connectivity index is 1.31. The Kier molecular flexibility index (Phi) is 7.45. The van der Waals surface area contributed by atoms with Gasteiger partial charge < -0.3 is 20.7 Å². The highest BCUT2D eigenvalue weighted by Crippen LogP contribution is 2.43. The highest BCUT2D eigenvalue weighted by atomic mass is 79.9. The Bertz CT molecular complexity index is 1160. The predicted octanol–water partition coefficient (Wildman–Crippen LogP) is 4.39.